The van der Waals surface area contributed by atoms with E-state index in [-0.39, 0.29) is 5.82 Å². The van der Waals surface area contributed by atoms with Crippen LogP contribution in [0.15, 0.2) is 102 Å². The molecule has 0 radical (unpaired) electrons. The van der Waals surface area contributed by atoms with Crippen LogP contribution < -0.4 is 9.47 Å². The first-order valence-electron chi connectivity index (χ1n) is 10.6. The highest BCUT2D eigenvalue weighted by atomic mass is 19.1. The lowest BCUT2D eigenvalue weighted by molar-refractivity contribution is 0.304. The maximum Gasteiger partial charge on any atom is 0.148 e. The largest absolute Gasteiger partial charge is 0.491 e. The summed E-state index contributed by atoms with van der Waals surface area (Å²) in [5.74, 6) is 1.01. The van der Waals surface area contributed by atoms with Crippen LogP contribution in [-0.4, -0.2) is 12.3 Å². The number of hydrogen-bond donors (Lipinski definition) is 0. The quantitative estimate of drug-likeness (QED) is 0.331. The Bertz CT molecular complexity index is 1210. The molecule has 3 nitrogen and oxygen atoms in total. The van der Waals surface area contributed by atoms with Crippen molar-refractivity contribution in [3.8, 4) is 11.5 Å². The average molecular weight is 423 g/mol. The molecule has 5 rings (SSSR count). The van der Waals surface area contributed by atoms with Crippen LogP contribution in [0.5, 0.6) is 11.5 Å². The minimum Gasteiger partial charge on any atom is -0.491 e. The molecule has 0 amide bonds. The van der Waals surface area contributed by atoms with E-state index in [1.807, 2.05) is 42.5 Å². The highest BCUT2D eigenvalue weighted by molar-refractivity contribution is 6.14. The van der Waals surface area contributed by atoms with Gasteiger partial charge in [-0.05, 0) is 29.8 Å². The fourth-order valence-electron chi connectivity index (χ4n) is 3.85. The summed E-state index contributed by atoms with van der Waals surface area (Å²) in [6.07, 6.45) is 0.831. The topological polar surface area (TPSA) is 30.8 Å². The molecule has 0 bridgehead atoms. The van der Waals surface area contributed by atoms with E-state index in [2.05, 4.69) is 30.3 Å². The summed E-state index contributed by atoms with van der Waals surface area (Å²) in [5, 5.41) is 0. The number of benzene rings is 4. The highest BCUT2D eigenvalue weighted by Gasteiger charge is 2.19. The highest BCUT2D eigenvalue weighted by Crippen LogP contribution is 2.38. The number of aliphatic imine (C=N–C) groups is 1. The third kappa shape index (κ3) is 4.40. The summed E-state index contributed by atoms with van der Waals surface area (Å²) in [6, 6.07) is 30.5. The summed E-state index contributed by atoms with van der Waals surface area (Å²) in [6.45, 7) is 0.962. The first-order valence-corrected chi connectivity index (χ1v) is 10.6. The molecular formula is C28H22FNO2. The van der Waals surface area contributed by atoms with E-state index in [0.717, 1.165) is 45.8 Å². The Labute approximate surface area is 186 Å². The van der Waals surface area contributed by atoms with Crippen LogP contribution in [0.4, 0.5) is 10.1 Å². The number of nitrogens with zero attached hydrogens (tertiary/aromatic N) is 1. The molecule has 1 aliphatic heterocycles. The molecule has 1 heterocycles. The molecule has 4 aromatic rings. The van der Waals surface area contributed by atoms with Gasteiger partial charge in [0.1, 0.15) is 29.6 Å². The van der Waals surface area contributed by atoms with Crippen molar-refractivity contribution in [3.05, 3.63) is 125 Å². The Kier molecular flexibility index (Phi) is 5.67. The lowest BCUT2D eigenvalue weighted by atomic mass is 10.0. The zero-order chi connectivity index (χ0) is 21.8. The second-order valence-corrected chi connectivity index (χ2v) is 7.64. The normalized spacial score (nSPS) is 12.0. The van der Waals surface area contributed by atoms with Crippen molar-refractivity contribution in [3.63, 3.8) is 0 Å². The number of halogens is 1. The van der Waals surface area contributed by atoms with E-state index in [1.165, 1.54) is 12.1 Å². The fourth-order valence-corrected chi connectivity index (χ4v) is 3.85. The Morgan fingerprint density at radius 2 is 1.56 bits per heavy atom. The number of rotatable bonds is 6. The predicted molar refractivity (Wildman–Crippen MR) is 125 cm³/mol. The Hall–Kier alpha value is -3.92. The van der Waals surface area contributed by atoms with Gasteiger partial charge in [-0.3, -0.25) is 0 Å². The molecule has 4 aromatic carbocycles. The van der Waals surface area contributed by atoms with Gasteiger partial charge < -0.3 is 9.47 Å². The van der Waals surface area contributed by atoms with E-state index in [4.69, 9.17) is 14.5 Å². The van der Waals surface area contributed by atoms with Gasteiger partial charge in [0.15, 0.2) is 0 Å². The maximum atomic E-state index is 13.5. The fraction of sp³-hybridized carbons (Fsp3) is 0.107. The summed E-state index contributed by atoms with van der Waals surface area (Å²) in [7, 11) is 0. The van der Waals surface area contributed by atoms with E-state index in [1.54, 1.807) is 12.1 Å². The molecule has 0 unspecified atom stereocenters. The van der Waals surface area contributed by atoms with Gasteiger partial charge in [0.2, 0.25) is 0 Å². The smallest absolute Gasteiger partial charge is 0.148 e. The third-order valence-corrected chi connectivity index (χ3v) is 5.35. The molecule has 0 fully saturated rings. The van der Waals surface area contributed by atoms with Crippen molar-refractivity contribution in [2.45, 2.75) is 13.0 Å². The molecule has 158 valence electrons. The summed E-state index contributed by atoms with van der Waals surface area (Å²) in [4.78, 5) is 5.08. The van der Waals surface area contributed by atoms with E-state index in [9.17, 15) is 4.39 Å². The van der Waals surface area contributed by atoms with Crippen LogP contribution in [0.1, 0.15) is 22.3 Å². The van der Waals surface area contributed by atoms with Crippen molar-refractivity contribution < 1.29 is 13.9 Å². The molecule has 0 aliphatic carbocycles. The summed E-state index contributed by atoms with van der Waals surface area (Å²) < 4.78 is 25.3. The first kappa shape index (κ1) is 20.0. The van der Waals surface area contributed by atoms with E-state index < -0.39 is 0 Å². The second-order valence-electron chi connectivity index (χ2n) is 7.64. The van der Waals surface area contributed by atoms with Crippen LogP contribution in [0.3, 0.4) is 0 Å². The molecule has 0 spiro atoms. The zero-order valence-electron chi connectivity index (χ0n) is 17.5. The molecule has 0 saturated carbocycles. The van der Waals surface area contributed by atoms with Crippen molar-refractivity contribution in [2.75, 3.05) is 6.61 Å². The van der Waals surface area contributed by atoms with Gasteiger partial charge in [-0.1, -0.05) is 66.7 Å². The first-order chi connectivity index (χ1) is 15.8. The van der Waals surface area contributed by atoms with Crippen molar-refractivity contribution in [2.24, 2.45) is 4.99 Å². The summed E-state index contributed by atoms with van der Waals surface area (Å²) in [5.41, 5.74) is 5.81. The molecule has 0 atom stereocenters. The van der Waals surface area contributed by atoms with Crippen molar-refractivity contribution in [1.29, 1.82) is 0 Å². The average Bonchev–Trinajstić information content (AvgIpc) is 3.31. The van der Waals surface area contributed by atoms with Crippen LogP contribution >= 0.6 is 0 Å². The molecule has 0 aromatic heterocycles. The number of hydrogen-bond acceptors (Lipinski definition) is 3. The van der Waals surface area contributed by atoms with Gasteiger partial charge in [-0.25, -0.2) is 9.38 Å². The second kappa shape index (κ2) is 9.06. The lowest BCUT2D eigenvalue weighted by Crippen LogP contribution is -2.03. The van der Waals surface area contributed by atoms with Gasteiger partial charge in [0.05, 0.1) is 12.3 Å². The lowest BCUT2D eigenvalue weighted by Gasteiger charge is -2.12. The Morgan fingerprint density at radius 3 is 2.25 bits per heavy atom. The molecule has 32 heavy (non-hydrogen) atoms. The van der Waals surface area contributed by atoms with Crippen LogP contribution in [0, 0.1) is 5.82 Å². The minimum absolute atomic E-state index is 0.314. The van der Waals surface area contributed by atoms with Gasteiger partial charge in [-0.15, -0.1) is 0 Å². The van der Waals surface area contributed by atoms with Crippen LogP contribution in [-0.2, 0) is 13.0 Å². The maximum absolute atomic E-state index is 13.5. The SMILES string of the molecule is Fc1cccc(OCc2cc3c(c(N=C(c4ccccc4)c4ccccc4)c2)OCC3)c1. The van der Waals surface area contributed by atoms with E-state index in [0.29, 0.717) is 19.0 Å². The van der Waals surface area contributed by atoms with Gasteiger partial charge in [-0.2, -0.15) is 0 Å². The van der Waals surface area contributed by atoms with Gasteiger partial charge in [0.25, 0.3) is 0 Å². The third-order valence-electron chi connectivity index (χ3n) is 5.35. The molecular weight excluding hydrogens is 401 g/mol. The van der Waals surface area contributed by atoms with Gasteiger partial charge >= 0.3 is 0 Å². The minimum atomic E-state index is -0.314. The number of fused-ring (bicyclic) bond motifs is 1. The molecule has 0 saturated heterocycles. The van der Waals surface area contributed by atoms with Crippen molar-refractivity contribution in [1.82, 2.24) is 0 Å². The molecule has 1 aliphatic rings. The zero-order valence-corrected chi connectivity index (χ0v) is 17.5. The van der Waals surface area contributed by atoms with Crippen LogP contribution in [0.2, 0.25) is 0 Å². The number of ether oxygens (including phenoxy) is 2. The Morgan fingerprint density at radius 1 is 0.844 bits per heavy atom. The molecule has 0 N–H and O–H groups in total. The summed E-state index contributed by atoms with van der Waals surface area (Å²) >= 11 is 0. The monoisotopic (exact) mass is 423 g/mol. The van der Waals surface area contributed by atoms with Gasteiger partial charge in [0, 0.05) is 29.2 Å². The van der Waals surface area contributed by atoms with Crippen LogP contribution in [0.25, 0.3) is 0 Å². The standard InChI is InChI=1S/C28H22FNO2/c29-24-12-7-13-25(18-24)32-19-20-16-23-14-15-31-28(23)26(17-20)30-27(21-8-3-1-4-9-21)22-10-5-2-6-11-22/h1-13,16-18H,14-15,19H2. The van der Waals surface area contributed by atoms with E-state index >= 15 is 0 Å². The van der Waals surface area contributed by atoms with Crippen molar-refractivity contribution >= 4 is 11.4 Å². The Balaban J connectivity index is 1.54. The predicted octanol–water partition coefficient (Wildman–Crippen LogP) is 6.51. The molecule has 4 heteroatoms.